The summed E-state index contributed by atoms with van der Waals surface area (Å²) in [6.45, 7) is 7.93. The molecule has 132 valence electrons. The summed E-state index contributed by atoms with van der Waals surface area (Å²) in [7, 11) is 0. The van der Waals surface area contributed by atoms with Gasteiger partial charge in [-0.2, -0.15) is 0 Å². The summed E-state index contributed by atoms with van der Waals surface area (Å²) in [6, 6.07) is 10.2. The second-order valence-corrected chi connectivity index (χ2v) is 5.32. The SMILES string of the molecule is CCOC(=O)c1ccc(NC(=O)c2cc(N(CC)CC)ccn2)cc1. The average molecular weight is 341 g/mol. The van der Waals surface area contributed by atoms with E-state index in [9.17, 15) is 9.59 Å². The molecule has 2 rings (SSSR count). The zero-order valence-corrected chi connectivity index (χ0v) is 14.8. The van der Waals surface area contributed by atoms with Crippen molar-refractivity contribution < 1.29 is 14.3 Å². The fourth-order valence-corrected chi connectivity index (χ4v) is 2.43. The minimum Gasteiger partial charge on any atom is -0.462 e. The van der Waals surface area contributed by atoms with E-state index in [0.717, 1.165) is 18.8 Å². The van der Waals surface area contributed by atoms with Gasteiger partial charge in [-0.15, -0.1) is 0 Å². The van der Waals surface area contributed by atoms with Crippen LogP contribution in [0.25, 0.3) is 0 Å². The molecule has 0 fully saturated rings. The van der Waals surface area contributed by atoms with Gasteiger partial charge >= 0.3 is 5.97 Å². The van der Waals surface area contributed by atoms with Crippen LogP contribution in [0.2, 0.25) is 0 Å². The van der Waals surface area contributed by atoms with E-state index in [4.69, 9.17) is 4.74 Å². The number of hydrogen-bond acceptors (Lipinski definition) is 5. The Kier molecular flexibility index (Phi) is 6.51. The number of amides is 1. The molecule has 0 saturated carbocycles. The Morgan fingerprint density at radius 3 is 2.36 bits per heavy atom. The molecule has 6 nitrogen and oxygen atoms in total. The van der Waals surface area contributed by atoms with E-state index in [1.807, 2.05) is 6.07 Å². The maximum absolute atomic E-state index is 12.4. The highest BCUT2D eigenvalue weighted by Gasteiger charge is 2.11. The molecule has 1 N–H and O–H groups in total. The predicted octanol–water partition coefficient (Wildman–Crippen LogP) is 3.36. The molecule has 0 bridgehead atoms. The van der Waals surface area contributed by atoms with E-state index in [1.54, 1.807) is 43.5 Å². The van der Waals surface area contributed by atoms with Crippen molar-refractivity contribution in [3.63, 3.8) is 0 Å². The number of esters is 1. The van der Waals surface area contributed by atoms with Crippen LogP contribution in [-0.2, 0) is 4.74 Å². The van der Waals surface area contributed by atoms with E-state index >= 15 is 0 Å². The van der Waals surface area contributed by atoms with Gasteiger partial charge in [-0.1, -0.05) is 0 Å². The number of pyridine rings is 1. The molecule has 6 heteroatoms. The fraction of sp³-hybridized carbons (Fsp3) is 0.316. The van der Waals surface area contributed by atoms with Crippen molar-refractivity contribution in [2.45, 2.75) is 20.8 Å². The van der Waals surface area contributed by atoms with Gasteiger partial charge in [0.15, 0.2) is 0 Å². The number of carbonyl (C=O) groups is 2. The number of anilines is 2. The second kappa shape index (κ2) is 8.82. The molecule has 0 atom stereocenters. The van der Waals surface area contributed by atoms with Crippen LogP contribution < -0.4 is 10.2 Å². The normalized spacial score (nSPS) is 10.2. The molecule has 0 aliphatic rings. The first-order valence-corrected chi connectivity index (χ1v) is 8.38. The predicted molar refractivity (Wildman–Crippen MR) is 98.1 cm³/mol. The molecule has 0 aliphatic heterocycles. The lowest BCUT2D eigenvalue weighted by molar-refractivity contribution is 0.0526. The first-order chi connectivity index (χ1) is 12.1. The van der Waals surface area contributed by atoms with Gasteiger partial charge in [0.2, 0.25) is 0 Å². The lowest BCUT2D eigenvalue weighted by Crippen LogP contribution is -2.23. The number of rotatable bonds is 7. The van der Waals surface area contributed by atoms with Gasteiger partial charge in [-0.05, 0) is 57.2 Å². The third kappa shape index (κ3) is 4.79. The van der Waals surface area contributed by atoms with Crippen LogP contribution in [0.5, 0.6) is 0 Å². The Balaban J connectivity index is 2.09. The smallest absolute Gasteiger partial charge is 0.338 e. The Bertz CT molecular complexity index is 725. The lowest BCUT2D eigenvalue weighted by Gasteiger charge is -2.21. The zero-order chi connectivity index (χ0) is 18.2. The van der Waals surface area contributed by atoms with Crippen molar-refractivity contribution in [3.05, 3.63) is 53.9 Å². The van der Waals surface area contributed by atoms with Crippen LogP contribution >= 0.6 is 0 Å². The van der Waals surface area contributed by atoms with E-state index in [1.165, 1.54) is 0 Å². The molecule has 1 aromatic heterocycles. The molecule has 2 aromatic rings. The lowest BCUT2D eigenvalue weighted by atomic mass is 10.2. The highest BCUT2D eigenvalue weighted by atomic mass is 16.5. The molecule has 0 radical (unpaired) electrons. The molecular formula is C19H23N3O3. The molecule has 0 aliphatic carbocycles. The van der Waals surface area contributed by atoms with Gasteiger partial charge < -0.3 is 15.0 Å². The molecule has 25 heavy (non-hydrogen) atoms. The minimum atomic E-state index is -0.381. The summed E-state index contributed by atoms with van der Waals surface area (Å²) in [5, 5.41) is 2.79. The summed E-state index contributed by atoms with van der Waals surface area (Å²) in [5.41, 5.74) is 2.34. The first-order valence-electron chi connectivity index (χ1n) is 8.38. The number of ether oxygens (including phenoxy) is 1. The van der Waals surface area contributed by atoms with Crippen LogP contribution in [-0.4, -0.2) is 36.6 Å². The first kappa shape index (κ1) is 18.4. The zero-order valence-electron chi connectivity index (χ0n) is 14.8. The van der Waals surface area contributed by atoms with Crippen LogP contribution in [0.3, 0.4) is 0 Å². The molecule has 1 heterocycles. The van der Waals surface area contributed by atoms with E-state index in [2.05, 4.69) is 29.0 Å². The Morgan fingerprint density at radius 2 is 1.76 bits per heavy atom. The van der Waals surface area contributed by atoms with Crippen LogP contribution in [0.15, 0.2) is 42.6 Å². The Hall–Kier alpha value is -2.89. The van der Waals surface area contributed by atoms with Crippen LogP contribution in [0.1, 0.15) is 41.6 Å². The molecular weight excluding hydrogens is 318 g/mol. The highest BCUT2D eigenvalue weighted by Crippen LogP contribution is 2.16. The van der Waals surface area contributed by atoms with Gasteiger partial charge in [0, 0.05) is 30.7 Å². The van der Waals surface area contributed by atoms with Crippen LogP contribution in [0.4, 0.5) is 11.4 Å². The number of hydrogen-bond donors (Lipinski definition) is 1. The molecule has 1 aromatic carbocycles. The molecule has 0 unspecified atom stereocenters. The fourth-order valence-electron chi connectivity index (χ4n) is 2.43. The van der Waals surface area contributed by atoms with Crippen molar-refractivity contribution in [2.75, 3.05) is 29.9 Å². The number of carbonyl (C=O) groups excluding carboxylic acids is 2. The standard InChI is InChI=1S/C19H23N3O3/c1-4-22(5-2)16-11-12-20-17(13-16)18(23)21-15-9-7-14(8-10-15)19(24)25-6-3/h7-13H,4-6H2,1-3H3,(H,21,23). The van der Waals surface area contributed by atoms with Crippen LogP contribution in [0, 0.1) is 0 Å². The highest BCUT2D eigenvalue weighted by molar-refractivity contribution is 6.03. The van der Waals surface area contributed by atoms with Gasteiger partial charge in [-0.3, -0.25) is 9.78 Å². The van der Waals surface area contributed by atoms with E-state index < -0.39 is 0 Å². The minimum absolute atomic E-state index is 0.294. The average Bonchev–Trinajstić information content (AvgIpc) is 2.64. The molecule has 0 saturated heterocycles. The third-order valence-corrected chi connectivity index (χ3v) is 3.76. The molecule has 0 spiro atoms. The summed E-state index contributed by atoms with van der Waals surface area (Å²) in [5.74, 6) is -0.674. The Labute approximate surface area is 147 Å². The van der Waals surface area contributed by atoms with Gasteiger partial charge in [0.25, 0.3) is 5.91 Å². The number of nitrogens with one attached hydrogen (secondary N) is 1. The topological polar surface area (TPSA) is 71.5 Å². The van der Waals surface area contributed by atoms with Crippen molar-refractivity contribution in [1.82, 2.24) is 4.98 Å². The number of benzene rings is 1. The van der Waals surface area contributed by atoms with Gasteiger partial charge in [-0.25, -0.2) is 4.79 Å². The van der Waals surface area contributed by atoms with E-state index in [-0.39, 0.29) is 11.9 Å². The third-order valence-electron chi connectivity index (χ3n) is 3.76. The Morgan fingerprint density at radius 1 is 1.08 bits per heavy atom. The quantitative estimate of drug-likeness (QED) is 0.782. The largest absolute Gasteiger partial charge is 0.462 e. The maximum atomic E-state index is 12.4. The van der Waals surface area contributed by atoms with Gasteiger partial charge in [0.1, 0.15) is 5.69 Å². The summed E-state index contributed by atoms with van der Waals surface area (Å²) < 4.78 is 4.93. The summed E-state index contributed by atoms with van der Waals surface area (Å²) in [4.78, 5) is 30.3. The van der Waals surface area contributed by atoms with Gasteiger partial charge in [0.05, 0.1) is 12.2 Å². The van der Waals surface area contributed by atoms with Crippen molar-refractivity contribution in [2.24, 2.45) is 0 Å². The maximum Gasteiger partial charge on any atom is 0.338 e. The monoisotopic (exact) mass is 341 g/mol. The molecule has 1 amide bonds. The number of aromatic nitrogens is 1. The number of nitrogens with zero attached hydrogens (tertiary/aromatic N) is 2. The van der Waals surface area contributed by atoms with Crippen molar-refractivity contribution >= 4 is 23.3 Å². The van der Waals surface area contributed by atoms with Crippen molar-refractivity contribution in [1.29, 1.82) is 0 Å². The summed E-state index contributed by atoms with van der Waals surface area (Å²) in [6.07, 6.45) is 1.63. The van der Waals surface area contributed by atoms with E-state index in [0.29, 0.717) is 23.6 Å². The second-order valence-electron chi connectivity index (χ2n) is 5.32. The van der Waals surface area contributed by atoms with Crippen molar-refractivity contribution in [3.8, 4) is 0 Å². The summed E-state index contributed by atoms with van der Waals surface area (Å²) >= 11 is 0.